The Balaban J connectivity index is 1.84. The Kier molecular flexibility index (Phi) is 2.32. The van der Waals surface area contributed by atoms with Crippen molar-refractivity contribution in [3.05, 3.63) is 34.3 Å². The minimum absolute atomic E-state index is 0.216. The van der Waals surface area contributed by atoms with E-state index in [0.29, 0.717) is 6.04 Å². The van der Waals surface area contributed by atoms with Crippen LogP contribution < -0.4 is 5.32 Å². The van der Waals surface area contributed by atoms with Gasteiger partial charge >= 0.3 is 0 Å². The van der Waals surface area contributed by atoms with E-state index in [4.69, 9.17) is 0 Å². The van der Waals surface area contributed by atoms with Crippen LogP contribution in [0.3, 0.4) is 0 Å². The topological polar surface area (TPSA) is 29.1 Å². The van der Waals surface area contributed by atoms with E-state index in [1.165, 1.54) is 0 Å². The summed E-state index contributed by atoms with van der Waals surface area (Å²) in [4.78, 5) is 12.2. The van der Waals surface area contributed by atoms with Gasteiger partial charge in [-0.3, -0.25) is 4.79 Å². The molecule has 16 heavy (non-hydrogen) atoms. The second kappa shape index (κ2) is 3.59. The highest BCUT2D eigenvalue weighted by Gasteiger charge is 2.52. The van der Waals surface area contributed by atoms with Crippen molar-refractivity contribution in [3.63, 3.8) is 0 Å². The molecule has 2 aliphatic rings. The van der Waals surface area contributed by atoms with E-state index >= 15 is 0 Å². The van der Waals surface area contributed by atoms with Crippen LogP contribution in [0.2, 0.25) is 0 Å². The van der Waals surface area contributed by atoms with Crippen molar-refractivity contribution in [3.8, 4) is 0 Å². The molecule has 1 aromatic carbocycles. The largest absolute Gasteiger partial charge is 0.353 e. The zero-order chi connectivity index (χ0) is 11.2. The Labute approximate surface area is 104 Å². The van der Waals surface area contributed by atoms with Crippen LogP contribution in [-0.2, 0) is 10.2 Å². The first-order valence-corrected chi connectivity index (χ1v) is 6.57. The van der Waals surface area contributed by atoms with E-state index < -0.39 is 0 Å². The fourth-order valence-corrected chi connectivity index (χ4v) is 2.51. The molecule has 2 aliphatic carbocycles. The molecule has 0 unspecified atom stereocenters. The number of rotatable bonds is 3. The average molecular weight is 280 g/mol. The Morgan fingerprint density at radius 3 is 2.69 bits per heavy atom. The molecule has 0 spiro atoms. The van der Waals surface area contributed by atoms with Crippen LogP contribution in [0.25, 0.3) is 0 Å². The predicted octanol–water partition coefficient (Wildman–Crippen LogP) is 2.76. The molecule has 0 heterocycles. The SMILES string of the molecule is O=C(NC1CC1)C1(c2cccc(Br)c2)CC1. The van der Waals surface area contributed by atoms with E-state index in [9.17, 15) is 4.79 Å². The first-order chi connectivity index (χ1) is 7.71. The van der Waals surface area contributed by atoms with Gasteiger partial charge in [0, 0.05) is 10.5 Å². The van der Waals surface area contributed by atoms with Crippen LogP contribution in [0.1, 0.15) is 31.2 Å². The molecule has 0 radical (unpaired) electrons. The van der Waals surface area contributed by atoms with Crippen molar-refractivity contribution in [2.75, 3.05) is 0 Å². The number of amides is 1. The number of carbonyl (C=O) groups excluding carboxylic acids is 1. The van der Waals surface area contributed by atoms with Gasteiger partial charge in [-0.1, -0.05) is 28.1 Å². The summed E-state index contributed by atoms with van der Waals surface area (Å²) in [6.07, 6.45) is 4.28. The molecule has 2 fully saturated rings. The molecule has 84 valence electrons. The number of halogens is 1. The lowest BCUT2D eigenvalue weighted by Crippen LogP contribution is -2.36. The zero-order valence-corrected chi connectivity index (χ0v) is 10.6. The summed E-state index contributed by atoms with van der Waals surface area (Å²) in [7, 11) is 0. The number of benzene rings is 1. The predicted molar refractivity (Wildman–Crippen MR) is 66.2 cm³/mol. The molecule has 0 aliphatic heterocycles. The van der Waals surface area contributed by atoms with Crippen molar-refractivity contribution in [1.29, 1.82) is 0 Å². The molecule has 0 saturated heterocycles. The zero-order valence-electron chi connectivity index (χ0n) is 9.00. The van der Waals surface area contributed by atoms with Gasteiger partial charge in [0.15, 0.2) is 0 Å². The number of nitrogens with one attached hydrogen (secondary N) is 1. The molecule has 0 aromatic heterocycles. The van der Waals surface area contributed by atoms with Gasteiger partial charge in [0.1, 0.15) is 0 Å². The molecule has 3 heteroatoms. The van der Waals surface area contributed by atoms with Gasteiger partial charge in [-0.25, -0.2) is 0 Å². The van der Waals surface area contributed by atoms with Gasteiger partial charge in [-0.05, 0) is 43.4 Å². The molecule has 1 amide bonds. The first-order valence-electron chi connectivity index (χ1n) is 5.78. The van der Waals surface area contributed by atoms with Crippen molar-refractivity contribution in [2.45, 2.75) is 37.1 Å². The van der Waals surface area contributed by atoms with E-state index in [2.05, 4.69) is 33.4 Å². The average Bonchev–Trinajstić information content (AvgIpc) is 3.13. The summed E-state index contributed by atoms with van der Waals surface area (Å²) in [5.41, 5.74) is 0.937. The normalized spacial score (nSPS) is 21.6. The summed E-state index contributed by atoms with van der Waals surface area (Å²) >= 11 is 3.46. The molecule has 2 saturated carbocycles. The maximum Gasteiger partial charge on any atom is 0.230 e. The van der Waals surface area contributed by atoms with Gasteiger partial charge in [0.05, 0.1) is 5.41 Å². The molecular formula is C13H14BrNO. The van der Waals surface area contributed by atoms with Gasteiger partial charge in [-0.2, -0.15) is 0 Å². The van der Waals surface area contributed by atoms with Crippen molar-refractivity contribution < 1.29 is 4.79 Å². The lowest BCUT2D eigenvalue weighted by molar-refractivity contribution is -0.123. The summed E-state index contributed by atoms with van der Waals surface area (Å²) in [6, 6.07) is 8.59. The second-order valence-electron chi connectivity index (χ2n) is 4.84. The Hall–Kier alpha value is -0.830. The van der Waals surface area contributed by atoms with Gasteiger partial charge in [-0.15, -0.1) is 0 Å². The summed E-state index contributed by atoms with van der Waals surface area (Å²) in [5.74, 6) is 0.230. The van der Waals surface area contributed by atoms with Crippen molar-refractivity contribution in [1.82, 2.24) is 5.32 Å². The molecule has 2 nitrogen and oxygen atoms in total. The molecule has 0 bridgehead atoms. The molecule has 1 aromatic rings. The molecular weight excluding hydrogens is 266 g/mol. The van der Waals surface area contributed by atoms with E-state index in [-0.39, 0.29) is 11.3 Å². The number of hydrogen-bond acceptors (Lipinski definition) is 1. The van der Waals surface area contributed by atoms with Crippen LogP contribution in [0.15, 0.2) is 28.7 Å². The van der Waals surface area contributed by atoms with Gasteiger partial charge in [0.25, 0.3) is 0 Å². The van der Waals surface area contributed by atoms with Crippen LogP contribution in [0, 0.1) is 0 Å². The van der Waals surface area contributed by atoms with Crippen LogP contribution in [-0.4, -0.2) is 11.9 Å². The minimum atomic E-state index is -0.216. The van der Waals surface area contributed by atoms with Crippen LogP contribution in [0.4, 0.5) is 0 Å². The highest BCUT2D eigenvalue weighted by molar-refractivity contribution is 9.10. The maximum atomic E-state index is 12.2. The summed E-state index contributed by atoms with van der Waals surface area (Å²) < 4.78 is 1.05. The lowest BCUT2D eigenvalue weighted by Gasteiger charge is -2.15. The third-order valence-corrected chi connectivity index (χ3v) is 3.97. The fourth-order valence-electron chi connectivity index (χ4n) is 2.11. The quantitative estimate of drug-likeness (QED) is 0.906. The first kappa shape index (κ1) is 10.3. The van der Waals surface area contributed by atoms with E-state index in [1.807, 2.05) is 12.1 Å². The Morgan fingerprint density at radius 2 is 2.12 bits per heavy atom. The van der Waals surface area contributed by atoms with Crippen molar-refractivity contribution in [2.24, 2.45) is 0 Å². The number of hydrogen-bond donors (Lipinski definition) is 1. The molecule has 0 atom stereocenters. The Morgan fingerprint density at radius 1 is 1.38 bits per heavy atom. The standard InChI is InChI=1S/C13H14BrNO/c14-10-3-1-2-9(8-10)13(6-7-13)12(16)15-11-4-5-11/h1-3,8,11H,4-7H2,(H,15,16). The van der Waals surface area contributed by atoms with Crippen molar-refractivity contribution >= 4 is 21.8 Å². The van der Waals surface area contributed by atoms with E-state index in [1.54, 1.807) is 0 Å². The van der Waals surface area contributed by atoms with Crippen LogP contribution >= 0.6 is 15.9 Å². The smallest absolute Gasteiger partial charge is 0.230 e. The monoisotopic (exact) mass is 279 g/mol. The number of carbonyl (C=O) groups is 1. The van der Waals surface area contributed by atoms with Crippen LogP contribution in [0.5, 0.6) is 0 Å². The third-order valence-electron chi connectivity index (χ3n) is 3.47. The Bertz CT molecular complexity index is 435. The molecule has 3 rings (SSSR count). The second-order valence-corrected chi connectivity index (χ2v) is 5.76. The summed E-state index contributed by atoms with van der Waals surface area (Å²) in [6.45, 7) is 0. The highest BCUT2D eigenvalue weighted by atomic mass is 79.9. The minimum Gasteiger partial charge on any atom is -0.353 e. The lowest BCUT2D eigenvalue weighted by atomic mass is 9.95. The third kappa shape index (κ3) is 1.77. The van der Waals surface area contributed by atoms with E-state index in [0.717, 1.165) is 35.7 Å². The van der Waals surface area contributed by atoms with Gasteiger partial charge < -0.3 is 5.32 Å². The highest BCUT2D eigenvalue weighted by Crippen LogP contribution is 2.49. The molecule has 1 N–H and O–H groups in total. The van der Waals surface area contributed by atoms with Gasteiger partial charge in [0.2, 0.25) is 5.91 Å². The maximum absolute atomic E-state index is 12.2. The summed E-state index contributed by atoms with van der Waals surface area (Å²) in [5, 5.41) is 3.12. The fraction of sp³-hybridized carbons (Fsp3) is 0.462.